The number of piperazine rings is 1. The lowest BCUT2D eigenvalue weighted by atomic mass is 9.84. The Kier molecular flexibility index (Phi) is 8.12. The van der Waals surface area contributed by atoms with Crippen molar-refractivity contribution in [2.24, 2.45) is 5.92 Å². The maximum absolute atomic E-state index is 11.5. The summed E-state index contributed by atoms with van der Waals surface area (Å²) in [4.78, 5) is 16.4. The van der Waals surface area contributed by atoms with Crippen molar-refractivity contribution >= 4 is 35.0 Å². The van der Waals surface area contributed by atoms with Gasteiger partial charge in [-0.3, -0.25) is 4.90 Å². The van der Waals surface area contributed by atoms with Crippen molar-refractivity contribution in [2.45, 2.75) is 45.1 Å². The molecule has 1 amide bonds. The van der Waals surface area contributed by atoms with Crippen LogP contribution in [-0.2, 0) is 4.74 Å². The third kappa shape index (κ3) is 5.91. The molecular weight excluding hydrogens is 397 g/mol. The molecule has 1 aromatic carbocycles. The van der Waals surface area contributed by atoms with Crippen LogP contribution in [0.25, 0.3) is 0 Å². The lowest BCUT2D eigenvalue weighted by Crippen LogP contribution is -2.47. The topological polar surface area (TPSA) is 44.8 Å². The van der Waals surface area contributed by atoms with Gasteiger partial charge >= 0.3 is 6.09 Å². The van der Waals surface area contributed by atoms with Crippen LogP contribution in [0.3, 0.4) is 0 Å². The predicted octanol–water partition coefficient (Wildman–Crippen LogP) is 4.81. The van der Waals surface area contributed by atoms with Gasteiger partial charge in [-0.25, -0.2) is 4.79 Å². The highest BCUT2D eigenvalue weighted by atomic mass is 35.5. The number of benzene rings is 1. The van der Waals surface area contributed by atoms with E-state index in [2.05, 4.69) is 15.1 Å². The van der Waals surface area contributed by atoms with E-state index in [0.717, 1.165) is 57.2 Å². The van der Waals surface area contributed by atoms with Crippen LogP contribution in [0.15, 0.2) is 18.2 Å². The number of ether oxygens (including phenoxy) is 1. The van der Waals surface area contributed by atoms with Gasteiger partial charge in [0, 0.05) is 32.2 Å². The molecular formula is C21H31Cl2N3O2. The van der Waals surface area contributed by atoms with E-state index < -0.39 is 0 Å². The van der Waals surface area contributed by atoms with Crippen LogP contribution >= 0.6 is 23.2 Å². The molecule has 1 aromatic rings. The molecule has 0 radical (unpaired) electrons. The molecule has 28 heavy (non-hydrogen) atoms. The summed E-state index contributed by atoms with van der Waals surface area (Å²) < 4.78 is 4.98. The number of halogens is 2. The number of nitrogens with one attached hydrogen (secondary N) is 1. The fraction of sp³-hybridized carbons (Fsp3) is 0.667. The summed E-state index contributed by atoms with van der Waals surface area (Å²) in [7, 11) is 0. The van der Waals surface area contributed by atoms with Crippen LogP contribution in [0, 0.1) is 5.92 Å². The van der Waals surface area contributed by atoms with Crippen molar-refractivity contribution in [1.82, 2.24) is 10.2 Å². The fourth-order valence-corrected chi connectivity index (χ4v) is 4.66. The fourth-order valence-electron chi connectivity index (χ4n) is 4.25. The lowest BCUT2D eigenvalue weighted by molar-refractivity contribution is 0.141. The molecule has 0 unspecified atom stereocenters. The van der Waals surface area contributed by atoms with Crippen molar-refractivity contribution < 1.29 is 9.53 Å². The third-order valence-corrected chi connectivity index (χ3v) is 6.75. The first-order chi connectivity index (χ1) is 13.6. The zero-order chi connectivity index (χ0) is 19.9. The molecule has 0 atom stereocenters. The highest BCUT2D eigenvalue weighted by Crippen LogP contribution is 2.33. The summed E-state index contributed by atoms with van der Waals surface area (Å²) in [5, 5.41) is 4.26. The number of rotatable bonds is 6. The molecule has 0 spiro atoms. The number of amides is 1. The molecule has 156 valence electrons. The van der Waals surface area contributed by atoms with Gasteiger partial charge in [0.05, 0.1) is 22.3 Å². The number of carbonyl (C=O) groups is 1. The van der Waals surface area contributed by atoms with Gasteiger partial charge in [0.25, 0.3) is 0 Å². The van der Waals surface area contributed by atoms with E-state index in [1.807, 2.05) is 25.1 Å². The molecule has 7 heteroatoms. The number of hydrogen-bond acceptors (Lipinski definition) is 4. The zero-order valence-corrected chi connectivity index (χ0v) is 18.1. The van der Waals surface area contributed by atoms with Crippen LogP contribution in [0.5, 0.6) is 0 Å². The monoisotopic (exact) mass is 427 g/mol. The molecule has 1 saturated carbocycles. The van der Waals surface area contributed by atoms with E-state index in [1.54, 1.807) is 0 Å². The average Bonchev–Trinajstić information content (AvgIpc) is 2.70. The second-order valence-corrected chi connectivity index (χ2v) is 8.56. The Bertz CT molecular complexity index is 643. The largest absolute Gasteiger partial charge is 0.450 e. The third-order valence-electron chi connectivity index (χ3n) is 5.94. The zero-order valence-electron chi connectivity index (χ0n) is 16.6. The van der Waals surface area contributed by atoms with Crippen molar-refractivity contribution in [1.29, 1.82) is 0 Å². The average molecular weight is 428 g/mol. The van der Waals surface area contributed by atoms with Crippen LogP contribution in [0.1, 0.15) is 39.0 Å². The van der Waals surface area contributed by atoms with E-state index in [9.17, 15) is 4.79 Å². The van der Waals surface area contributed by atoms with Gasteiger partial charge in [-0.15, -0.1) is 0 Å². The van der Waals surface area contributed by atoms with Crippen LogP contribution < -0.4 is 10.2 Å². The van der Waals surface area contributed by atoms with Gasteiger partial charge in [0.1, 0.15) is 0 Å². The Morgan fingerprint density at radius 1 is 1.14 bits per heavy atom. The van der Waals surface area contributed by atoms with E-state index in [1.165, 1.54) is 19.3 Å². The molecule has 1 aliphatic carbocycles. The maximum Gasteiger partial charge on any atom is 0.407 e. The lowest BCUT2D eigenvalue weighted by Gasteiger charge is -2.37. The van der Waals surface area contributed by atoms with Gasteiger partial charge in [0.2, 0.25) is 0 Å². The summed E-state index contributed by atoms with van der Waals surface area (Å²) in [6.45, 7) is 7.49. The molecule has 1 N–H and O–H groups in total. The van der Waals surface area contributed by atoms with Crippen molar-refractivity contribution in [2.75, 3.05) is 44.2 Å². The van der Waals surface area contributed by atoms with Crippen LogP contribution in [0.2, 0.25) is 10.0 Å². The predicted molar refractivity (Wildman–Crippen MR) is 116 cm³/mol. The summed E-state index contributed by atoms with van der Waals surface area (Å²) in [5.74, 6) is 0.764. The summed E-state index contributed by atoms with van der Waals surface area (Å²) in [6.07, 6.45) is 5.47. The molecule has 3 rings (SSSR count). The Labute approximate surface area is 178 Å². The Morgan fingerprint density at radius 3 is 2.54 bits per heavy atom. The highest BCUT2D eigenvalue weighted by molar-refractivity contribution is 6.43. The minimum absolute atomic E-state index is 0.274. The number of alkyl carbamates (subject to hydrolysis) is 1. The smallest absolute Gasteiger partial charge is 0.407 e. The first-order valence-electron chi connectivity index (χ1n) is 10.4. The minimum Gasteiger partial charge on any atom is -0.450 e. The second kappa shape index (κ2) is 10.6. The minimum atomic E-state index is -0.274. The summed E-state index contributed by atoms with van der Waals surface area (Å²) >= 11 is 12.5. The van der Waals surface area contributed by atoms with E-state index in [-0.39, 0.29) is 12.1 Å². The molecule has 2 aliphatic rings. The number of anilines is 1. The maximum atomic E-state index is 11.5. The molecule has 1 aliphatic heterocycles. The number of carbonyl (C=O) groups excluding carboxylic acids is 1. The Hall–Kier alpha value is -1.17. The van der Waals surface area contributed by atoms with E-state index in [0.29, 0.717) is 16.7 Å². The number of hydrogen-bond donors (Lipinski definition) is 1. The molecule has 1 heterocycles. The van der Waals surface area contributed by atoms with Gasteiger partial charge in [0.15, 0.2) is 0 Å². The van der Waals surface area contributed by atoms with Gasteiger partial charge in [-0.2, -0.15) is 0 Å². The van der Waals surface area contributed by atoms with E-state index in [4.69, 9.17) is 27.9 Å². The van der Waals surface area contributed by atoms with Gasteiger partial charge in [-0.05, 0) is 63.6 Å². The summed E-state index contributed by atoms with van der Waals surface area (Å²) in [6, 6.07) is 6.12. The van der Waals surface area contributed by atoms with Crippen LogP contribution in [-0.4, -0.2) is 56.4 Å². The van der Waals surface area contributed by atoms with E-state index >= 15 is 0 Å². The standard InChI is InChI=1S/C21H31Cl2N3O2/c1-2-28-21(27)24-17-8-6-16(7-9-17)10-11-25-12-14-26(15-13-25)19-5-3-4-18(22)20(19)23/h3-5,16-17H,2,6-15H2,1H3,(H,24,27). The first kappa shape index (κ1) is 21.5. The quantitative estimate of drug-likeness (QED) is 0.706. The summed E-state index contributed by atoms with van der Waals surface area (Å²) in [5.41, 5.74) is 1.04. The Balaban J connectivity index is 1.35. The molecule has 2 fully saturated rings. The first-order valence-corrected chi connectivity index (χ1v) is 11.2. The van der Waals surface area contributed by atoms with Crippen LogP contribution in [0.4, 0.5) is 10.5 Å². The molecule has 0 aromatic heterocycles. The number of nitrogens with zero attached hydrogens (tertiary/aromatic N) is 2. The van der Waals surface area contributed by atoms with Crippen molar-refractivity contribution in [3.8, 4) is 0 Å². The molecule has 0 bridgehead atoms. The van der Waals surface area contributed by atoms with Gasteiger partial charge in [-0.1, -0.05) is 29.3 Å². The van der Waals surface area contributed by atoms with Gasteiger partial charge < -0.3 is 15.0 Å². The highest BCUT2D eigenvalue weighted by Gasteiger charge is 2.24. The molecule has 5 nitrogen and oxygen atoms in total. The second-order valence-electron chi connectivity index (χ2n) is 7.77. The molecule has 1 saturated heterocycles. The van der Waals surface area contributed by atoms with Crippen molar-refractivity contribution in [3.05, 3.63) is 28.2 Å². The Morgan fingerprint density at radius 2 is 1.86 bits per heavy atom. The SMILES string of the molecule is CCOC(=O)NC1CCC(CCN2CCN(c3cccc(Cl)c3Cl)CC2)CC1. The normalized spacial score (nSPS) is 23.5. The van der Waals surface area contributed by atoms with Crippen molar-refractivity contribution in [3.63, 3.8) is 0 Å².